The number of ether oxygens (including phenoxy) is 1. The third-order valence-corrected chi connectivity index (χ3v) is 2.75. The summed E-state index contributed by atoms with van der Waals surface area (Å²) < 4.78 is 43.7. The fraction of sp³-hybridized carbons (Fsp3) is 0.500. The maximum absolute atomic E-state index is 12.8. The molecule has 0 aliphatic heterocycles. The fourth-order valence-corrected chi connectivity index (χ4v) is 1.70. The first-order valence-corrected chi connectivity index (χ1v) is 6.20. The molecule has 110 valence electrons. The number of benzene rings is 1. The molecule has 0 aromatic heterocycles. The highest BCUT2D eigenvalue weighted by molar-refractivity contribution is 5.44. The quantitative estimate of drug-likeness (QED) is 0.901. The maximum atomic E-state index is 12.8. The summed E-state index contributed by atoms with van der Waals surface area (Å²) in [6.07, 6.45) is -4.36. The molecule has 0 aliphatic carbocycles. The van der Waals surface area contributed by atoms with E-state index < -0.39 is 23.4 Å². The number of rotatable bonds is 5. The van der Waals surface area contributed by atoms with Crippen molar-refractivity contribution in [2.24, 2.45) is 0 Å². The van der Waals surface area contributed by atoms with E-state index in [4.69, 9.17) is 15.1 Å². The van der Waals surface area contributed by atoms with E-state index in [0.29, 0.717) is 12.8 Å². The van der Waals surface area contributed by atoms with E-state index in [9.17, 15) is 13.2 Å². The predicted molar refractivity (Wildman–Crippen MR) is 67.2 cm³/mol. The molecule has 1 aromatic carbocycles. The Hall–Kier alpha value is -1.74. The van der Waals surface area contributed by atoms with Gasteiger partial charge in [-0.2, -0.15) is 18.4 Å². The van der Waals surface area contributed by atoms with E-state index in [1.54, 1.807) is 13.8 Å². The van der Waals surface area contributed by atoms with E-state index >= 15 is 0 Å². The molecule has 0 unspecified atom stereocenters. The number of hydrogen-bond donors (Lipinski definition) is 1. The summed E-state index contributed by atoms with van der Waals surface area (Å²) in [4.78, 5) is 0. The molecule has 0 bridgehead atoms. The maximum Gasteiger partial charge on any atom is 0.417 e. The monoisotopic (exact) mass is 287 g/mol. The van der Waals surface area contributed by atoms with Gasteiger partial charge in [0.05, 0.1) is 29.4 Å². The Morgan fingerprint density at radius 1 is 1.30 bits per heavy atom. The van der Waals surface area contributed by atoms with Crippen molar-refractivity contribution in [3.05, 3.63) is 29.3 Å². The van der Waals surface area contributed by atoms with Gasteiger partial charge in [-0.05, 0) is 44.9 Å². The molecule has 1 rings (SSSR count). The van der Waals surface area contributed by atoms with Crippen LogP contribution in [0.25, 0.3) is 0 Å². The van der Waals surface area contributed by atoms with Crippen LogP contribution >= 0.6 is 0 Å². The van der Waals surface area contributed by atoms with Crippen LogP contribution < -0.4 is 4.74 Å². The first-order chi connectivity index (χ1) is 9.24. The second kappa shape index (κ2) is 6.62. The largest absolute Gasteiger partial charge is 0.491 e. The van der Waals surface area contributed by atoms with Gasteiger partial charge < -0.3 is 9.84 Å². The van der Waals surface area contributed by atoms with Crippen LogP contribution in [0.4, 0.5) is 13.2 Å². The standard InChI is InChI=1S/C14H16F3NO2/c1-9(19)3-4-10(2)20-12-6-5-11(8-18)13(7-12)14(15,16)17/h5-7,9-10,19H,3-4H2,1-2H3/t9-,10-/m0/s1. The van der Waals surface area contributed by atoms with Gasteiger partial charge in [0.15, 0.2) is 0 Å². The van der Waals surface area contributed by atoms with Crippen LogP contribution in [0.5, 0.6) is 5.75 Å². The van der Waals surface area contributed by atoms with E-state index in [-0.39, 0.29) is 11.9 Å². The van der Waals surface area contributed by atoms with Crippen LogP contribution in [0.15, 0.2) is 18.2 Å². The molecule has 1 N–H and O–H groups in total. The summed E-state index contributed by atoms with van der Waals surface area (Å²) in [7, 11) is 0. The molecule has 0 amide bonds. The molecular weight excluding hydrogens is 271 g/mol. The van der Waals surface area contributed by atoms with Gasteiger partial charge in [0.2, 0.25) is 0 Å². The van der Waals surface area contributed by atoms with Crippen LogP contribution in [0.3, 0.4) is 0 Å². The Kier molecular flexibility index (Phi) is 5.40. The van der Waals surface area contributed by atoms with Crippen molar-refractivity contribution in [1.82, 2.24) is 0 Å². The van der Waals surface area contributed by atoms with Gasteiger partial charge >= 0.3 is 6.18 Å². The third kappa shape index (κ3) is 4.74. The highest BCUT2D eigenvalue weighted by Gasteiger charge is 2.34. The molecule has 0 radical (unpaired) electrons. The Morgan fingerprint density at radius 3 is 2.45 bits per heavy atom. The van der Waals surface area contributed by atoms with Crippen molar-refractivity contribution in [3.63, 3.8) is 0 Å². The lowest BCUT2D eigenvalue weighted by Gasteiger charge is -2.17. The molecule has 3 nitrogen and oxygen atoms in total. The van der Waals surface area contributed by atoms with Gasteiger partial charge in [-0.1, -0.05) is 0 Å². The minimum atomic E-state index is -4.59. The fourth-order valence-electron chi connectivity index (χ4n) is 1.70. The summed E-state index contributed by atoms with van der Waals surface area (Å²) in [5.74, 6) is 0.0643. The van der Waals surface area contributed by atoms with E-state index in [1.807, 2.05) is 0 Å². The second-order valence-corrected chi connectivity index (χ2v) is 4.67. The molecule has 6 heteroatoms. The molecule has 0 heterocycles. The summed E-state index contributed by atoms with van der Waals surface area (Å²) in [6, 6.07) is 4.78. The van der Waals surface area contributed by atoms with Crippen molar-refractivity contribution in [2.75, 3.05) is 0 Å². The molecular formula is C14H16F3NO2. The van der Waals surface area contributed by atoms with Crippen molar-refractivity contribution in [3.8, 4) is 11.8 Å². The average Bonchev–Trinajstić information content (AvgIpc) is 2.35. The van der Waals surface area contributed by atoms with Crippen LogP contribution in [-0.4, -0.2) is 17.3 Å². The Balaban J connectivity index is 2.85. The van der Waals surface area contributed by atoms with Crippen molar-refractivity contribution in [1.29, 1.82) is 5.26 Å². The number of nitriles is 1. The summed E-state index contributed by atoms with van der Waals surface area (Å²) in [5, 5.41) is 17.8. The number of nitrogens with zero attached hydrogens (tertiary/aromatic N) is 1. The lowest BCUT2D eigenvalue weighted by Crippen LogP contribution is -2.15. The lowest BCUT2D eigenvalue weighted by atomic mass is 10.1. The van der Waals surface area contributed by atoms with Crippen molar-refractivity contribution in [2.45, 2.75) is 45.1 Å². The van der Waals surface area contributed by atoms with E-state index in [0.717, 1.165) is 12.1 Å². The highest BCUT2D eigenvalue weighted by Crippen LogP contribution is 2.34. The summed E-state index contributed by atoms with van der Waals surface area (Å²) in [6.45, 7) is 3.35. The van der Waals surface area contributed by atoms with Gasteiger partial charge in [0.25, 0.3) is 0 Å². The Morgan fingerprint density at radius 2 is 1.95 bits per heavy atom. The topological polar surface area (TPSA) is 53.2 Å². The normalized spacial score (nSPS) is 14.4. The smallest absolute Gasteiger partial charge is 0.417 e. The van der Waals surface area contributed by atoms with Crippen LogP contribution in [0.1, 0.15) is 37.8 Å². The van der Waals surface area contributed by atoms with Crippen LogP contribution in [-0.2, 0) is 6.18 Å². The van der Waals surface area contributed by atoms with Gasteiger partial charge in [0.1, 0.15) is 5.75 Å². The zero-order valence-electron chi connectivity index (χ0n) is 11.2. The summed E-state index contributed by atoms with van der Waals surface area (Å²) in [5.41, 5.74) is -1.43. The molecule has 0 spiro atoms. The van der Waals surface area contributed by atoms with Crippen LogP contribution in [0, 0.1) is 11.3 Å². The number of aliphatic hydroxyl groups excluding tert-OH is 1. The van der Waals surface area contributed by atoms with Crippen molar-refractivity contribution >= 4 is 0 Å². The van der Waals surface area contributed by atoms with Gasteiger partial charge in [-0.15, -0.1) is 0 Å². The molecule has 20 heavy (non-hydrogen) atoms. The van der Waals surface area contributed by atoms with E-state index in [1.165, 1.54) is 12.1 Å². The SMILES string of the molecule is C[C@H](O)CC[C@H](C)Oc1ccc(C#N)c(C(F)(F)F)c1. The number of alkyl halides is 3. The van der Waals surface area contributed by atoms with Crippen LogP contribution in [0.2, 0.25) is 0 Å². The predicted octanol–water partition coefficient (Wildman–Crippen LogP) is 3.51. The Bertz CT molecular complexity index is 492. The van der Waals surface area contributed by atoms with Gasteiger partial charge in [-0.25, -0.2) is 0 Å². The first kappa shape index (κ1) is 16.3. The van der Waals surface area contributed by atoms with E-state index in [2.05, 4.69) is 0 Å². The minimum absolute atomic E-state index is 0.0643. The molecule has 2 atom stereocenters. The highest BCUT2D eigenvalue weighted by atomic mass is 19.4. The molecule has 0 fully saturated rings. The minimum Gasteiger partial charge on any atom is -0.491 e. The number of hydrogen-bond acceptors (Lipinski definition) is 3. The lowest BCUT2D eigenvalue weighted by molar-refractivity contribution is -0.137. The number of halogens is 3. The second-order valence-electron chi connectivity index (χ2n) is 4.67. The molecule has 0 aliphatic rings. The van der Waals surface area contributed by atoms with Gasteiger partial charge in [-0.3, -0.25) is 0 Å². The number of aliphatic hydroxyl groups is 1. The molecule has 0 saturated carbocycles. The molecule has 0 saturated heterocycles. The zero-order valence-corrected chi connectivity index (χ0v) is 11.2. The molecule has 1 aromatic rings. The zero-order chi connectivity index (χ0) is 15.3. The van der Waals surface area contributed by atoms with Gasteiger partial charge in [0, 0.05) is 0 Å². The first-order valence-electron chi connectivity index (χ1n) is 6.20. The summed E-state index contributed by atoms with van der Waals surface area (Å²) >= 11 is 0. The van der Waals surface area contributed by atoms with Crippen molar-refractivity contribution < 1.29 is 23.0 Å². The Labute approximate surface area is 115 Å². The third-order valence-electron chi connectivity index (χ3n) is 2.75. The average molecular weight is 287 g/mol.